The first-order valence-corrected chi connectivity index (χ1v) is 45.2. The quantitative estimate of drug-likeness (QED) is 0.00466. The van der Waals surface area contributed by atoms with Crippen LogP contribution in [0.25, 0.3) is 0 Å². The Bertz CT molecular complexity index is 5330. The number of primary amides is 1. The molecule has 0 spiro atoms. The standard InChI is InChI=1S/C22H28N2O5.C20H25N3O4.C20H24N2O5.C12H18N2O3.C12H17NO3.C10H11ClO2.C4H9O.CH4.K/c1-5-10-18-17(14-25)15(4)20(22(27)28-7-3)24(18)23-21(26)16-11-8-9-12-19(16)29-13-6-2;1-4-8-16-15(12-24)13(3)18(19(21)25)23(16)22-20(26)14-9-6-7-10-17(14)27-11-5-2;1-4-8-16-15(12-23)13(3)18(20(25)26)22(16)21-19(24)14-9-6-7-10-17(14)27-11-5-2;1-4-6-10-9(7-15)8(3)11(14(10)13)12(16)17-5-2;1-4-6-10-9(7-14)8(3)11(13-10)12(15)16-5-2;1-2-7-13-9-6-4-3-5-8(9)10(11)12;1-4(2,3)5;;/h8-9,11-12,14H,5-7,10,13H2,1-4H3,(H,23,26);6-7,9-10,12H,4-5,8,11H2,1-3H3,(H2,21,25)(H,22,26);6-7,9-10,12H,4-5,8,11H2,1-3H3,(H,21,24)(H,25,26);7H,4-6,13H2,1-3H3;7,13H,4-6H2,1-3H3;3-6H,2,7H2,1H3;1-3H3;1H4;/q;;;;;;-1;;+1. The molecule has 35 heteroatoms. The van der Waals surface area contributed by atoms with Crippen LogP contribution in [-0.2, 0) is 46.3 Å². The number of nitrogens with zero attached hydrogens (tertiary/aromatic N) is 4. The third kappa shape index (κ3) is 34.9. The zero-order chi connectivity index (χ0) is 101. The summed E-state index contributed by atoms with van der Waals surface area (Å²) < 4.78 is 42.5. The number of aryl methyl sites for hydroxylation is 1. The molecule has 0 bridgehead atoms. The number of hydrogen-bond acceptors (Lipinski definition) is 23. The molecule has 9 rings (SSSR count). The fraction of sp³-hybridized carbons (Fsp3) is 0.426. The van der Waals surface area contributed by atoms with Crippen LogP contribution in [0.1, 0.15) is 371 Å². The van der Waals surface area contributed by atoms with Gasteiger partial charge in [-0.15, -0.1) is 5.60 Å². The van der Waals surface area contributed by atoms with Crippen molar-refractivity contribution >= 4 is 95.8 Å². The number of halogens is 1. The predicted molar refractivity (Wildman–Crippen MR) is 519 cm³/mol. The summed E-state index contributed by atoms with van der Waals surface area (Å²) in [6.45, 7) is 39.0. The summed E-state index contributed by atoms with van der Waals surface area (Å²) in [6, 6.07) is 27.5. The first-order valence-electron chi connectivity index (χ1n) is 44.8. The zero-order valence-corrected chi connectivity index (χ0v) is 85.6. The summed E-state index contributed by atoms with van der Waals surface area (Å²) >= 11 is 5.37. The van der Waals surface area contributed by atoms with E-state index in [-0.39, 0.29) is 94.8 Å². The Morgan fingerprint density at radius 3 is 0.985 bits per heavy atom. The summed E-state index contributed by atoms with van der Waals surface area (Å²) in [4.78, 5) is 169. The largest absolute Gasteiger partial charge is 1.00 e. The van der Waals surface area contributed by atoms with Gasteiger partial charge < -0.3 is 59.9 Å². The van der Waals surface area contributed by atoms with Crippen LogP contribution in [0.4, 0.5) is 0 Å². The van der Waals surface area contributed by atoms with Gasteiger partial charge in [0, 0.05) is 33.5 Å². The van der Waals surface area contributed by atoms with Crippen molar-refractivity contribution in [3.05, 3.63) is 232 Å². The second-order valence-corrected chi connectivity index (χ2v) is 31.3. The molecule has 5 heterocycles. The molecule has 9 aromatic rings. The van der Waals surface area contributed by atoms with Gasteiger partial charge in [-0.25, -0.2) is 28.5 Å². The van der Waals surface area contributed by atoms with E-state index in [2.05, 4.69) is 21.3 Å². The van der Waals surface area contributed by atoms with Crippen molar-refractivity contribution < 1.29 is 162 Å². The zero-order valence-electron chi connectivity index (χ0n) is 81.7. The third-order valence-electron chi connectivity index (χ3n) is 19.5. The van der Waals surface area contributed by atoms with E-state index in [0.29, 0.717) is 213 Å². The number of aromatic amines is 1. The number of carboxylic acids is 1. The summed E-state index contributed by atoms with van der Waals surface area (Å²) in [7, 11) is 0. The van der Waals surface area contributed by atoms with E-state index < -0.39 is 58.3 Å². The Hall–Kier alpha value is -12.1. The molecule has 4 amide bonds. The minimum absolute atomic E-state index is 0. The van der Waals surface area contributed by atoms with E-state index >= 15 is 0 Å². The van der Waals surface area contributed by atoms with Crippen molar-refractivity contribution in [2.45, 2.75) is 241 Å². The number of amides is 4. The van der Waals surface area contributed by atoms with Crippen LogP contribution in [0, 0.1) is 34.6 Å². The van der Waals surface area contributed by atoms with Gasteiger partial charge in [0.2, 0.25) is 0 Å². The molecule has 136 heavy (non-hydrogen) atoms. The Labute approximate surface area is 845 Å². The predicted octanol–water partition coefficient (Wildman–Crippen LogP) is 14.5. The molecule has 0 atom stereocenters. The molecule has 0 saturated carbocycles. The van der Waals surface area contributed by atoms with Gasteiger partial charge in [0.05, 0.1) is 91.3 Å². The van der Waals surface area contributed by atoms with Crippen molar-refractivity contribution in [3.63, 3.8) is 0 Å². The number of carbonyl (C=O) groups excluding carboxylic acids is 13. The summed E-state index contributed by atoms with van der Waals surface area (Å²) in [5, 5.41) is 19.2. The number of nitrogens with two attached hydrogens (primary N) is 2. The van der Waals surface area contributed by atoms with Gasteiger partial charge in [-0.3, -0.25) is 73.6 Å². The minimum atomic E-state index is -1.21. The first kappa shape index (κ1) is 122. The smallest absolute Gasteiger partial charge is 0.850 e. The van der Waals surface area contributed by atoms with Crippen molar-refractivity contribution in [1.29, 1.82) is 0 Å². The summed E-state index contributed by atoms with van der Waals surface area (Å²) in [5.74, 6) is 2.95. The van der Waals surface area contributed by atoms with Crippen molar-refractivity contribution in [3.8, 4) is 23.0 Å². The van der Waals surface area contributed by atoms with Gasteiger partial charge in [0.15, 0.2) is 48.5 Å². The van der Waals surface area contributed by atoms with Crippen LogP contribution in [0.2, 0.25) is 0 Å². The molecule has 4 aromatic carbocycles. The molecule has 33 nitrogen and oxygen atoms in total. The second kappa shape index (κ2) is 63.3. The number of carboxylic acid groups (broad SMARTS) is 1. The van der Waals surface area contributed by atoms with Crippen LogP contribution >= 0.6 is 11.6 Å². The van der Waals surface area contributed by atoms with E-state index in [4.69, 9.17) is 56.3 Å². The molecular formula is C101H136ClKN10O23. The number of aromatic carboxylic acids is 1. The number of aromatic nitrogens is 5. The SMILES string of the molecule is C.CC(C)(C)[O-].CCCOc1ccccc1C(=O)Cl.CCCOc1ccccc1C(=O)Nn1c(CCC)c(C=O)c(C)c1C(=O)O.CCCOc1ccccc1C(=O)Nn1c(CCC)c(C=O)c(C)c1C(=O)OCC.CCCOc1ccccc1C(=O)Nn1c(CCC)c(C=O)c(C)c1C(N)=O.CCCc1[nH]c(C(=O)OCC)c(C)c1C=O.CCCc1c(C=O)c(C)c(C(=O)OCC)n1N.[K+]. The van der Waals surface area contributed by atoms with E-state index in [1.54, 1.807) is 167 Å². The molecule has 5 aromatic heterocycles. The monoisotopic (exact) mass is 1930 g/mol. The van der Waals surface area contributed by atoms with Crippen molar-refractivity contribution in [2.24, 2.45) is 5.73 Å². The number of para-hydroxylation sites is 4. The van der Waals surface area contributed by atoms with Gasteiger partial charge in [-0.2, -0.15) is 0 Å². The number of H-pyrrole nitrogens is 1. The van der Waals surface area contributed by atoms with Crippen LogP contribution in [0.5, 0.6) is 23.0 Å². The molecule has 0 saturated heterocycles. The fourth-order valence-electron chi connectivity index (χ4n) is 13.6. The molecule has 0 aliphatic heterocycles. The number of nitrogens with one attached hydrogen (secondary N) is 4. The molecule has 736 valence electrons. The molecule has 0 aliphatic rings. The maximum absolute atomic E-state index is 13.0. The molecule has 9 N–H and O–H groups in total. The van der Waals surface area contributed by atoms with E-state index in [1.807, 2.05) is 68.4 Å². The topological polar surface area (TPSA) is 471 Å². The molecule has 0 unspecified atom stereocenters. The number of carbonyl (C=O) groups is 14. The number of nitrogen functional groups attached to an aromatic ring is 1. The number of benzene rings is 4. The second-order valence-electron chi connectivity index (χ2n) is 31.0. The van der Waals surface area contributed by atoms with Gasteiger partial charge >= 0.3 is 75.3 Å². The van der Waals surface area contributed by atoms with Crippen LogP contribution in [-0.4, -0.2) is 165 Å². The van der Waals surface area contributed by atoms with Gasteiger partial charge in [0.25, 0.3) is 28.9 Å². The van der Waals surface area contributed by atoms with Crippen molar-refractivity contribution in [1.82, 2.24) is 23.7 Å². The van der Waals surface area contributed by atoms with Crippen LogP contribution < -0.4 is 103 Å². The third-order valence-corrected chi connectivity index (χ3v) is 19.7. The Morgan fingerprint density at radius 2 is 0.676 bits per heavy atom. The number of esters is 3. The van der Waals surface area contributed by atoms with Gasteiger partial charge in [0.1, 0.15) is 34.4 Å². The molecule has 0 radical (unpaired) electrons. The normalized spacial score (nSPS) is 10.2. The van der Waals surface area contributed by atoms with E-state index in [1.165, 1.54) is 18.7 Å². The van der Waals surface area contributed by atoms with Gasteiger partial charge in [-0.1, -0.05) is 171 Å². The summed E-state index contributed by atoms with van der Waals surface area (Å²) in [5.41, 5.74) is 22.8. The van der Waals surface area contributed by atoms with Crippen LogP contribution in [0.3, 0.4) is 0 Å². The maximum Gasteiger partial charge on any atom is 1.00 e. The molecule has 0 fully saturated rings. The number of rotatable bonds is 42. The average molecular weight is 1930 g/mol. The Kier molecular flexibility index (Phi) is 56.8. The first-order chi connectivity index (χ1) is 63.9. The Balaban J connectivity index is 0.000000820. The van der Waals surface area contributed by atoms with E-state index in [9.17, 15) is 77.3 Å². The van der Waals surface area contributed by atoms with Crippen LogP contribution in [0.15, 0.2) is 97.1 Å². The average Bonchev–Trinajstić information content (AvgIpc) is 1.65. The Morgan fingerprint density at radius 1 is 0.404 bits per heavy atom. The number of aldehydes is 5. The number of hydrogen-bond donors (Lipinski definition) is 7. The molecule has 0 aliphatic carbocycles. The molecular weight excluding hydrogens is 1800 g/mol. The summed E-state index contributed by atoms with van der Waals surface area (Å²) in [6.07, 6.45) is 13.7. The van der Waals surface area contributed by atoms with Gasteiger partial charge in [-0.05, 0) is 201 Å². The minimum Gasteiger partial charge on any atom is -0.850 e. The maximum atomic E-state index is 13.0. The van der Waals surface area contributed by atoms with E-state index in [0.717, 1.165) is 76.1 Å². The fourth-order valence-corrected chi connectivity index (χ4v) is 13.7. The van der Waals surface area contributed by atoms with Crippen molar-refractivity contribution in [2.75, 3.05) is 68.4 Å². The number of ether oxygens (including phenoxy) is 7.